The normalized spacial score (nSPS) is 12.2. The Morgan fingerprint density at radius 1 is 0.396 bits per heavy atom. The number of para-hydroxylation sites is 5. The zero-order valence-electron chi connectivity index (χ0n) is 28.4. The quantitative estimate of drug-likeness (QED) is 0.187. The van der Waals surface area contributed by atoms with E-state index < -0.39 is 0 Å². The van der Waals surface area contributed by atoms with Gasteiger partial charge in [-0.05, 0) is 65.4 Å². The third-order valence-electron chi connectivity index (χ3n) is 10.9. The van der Waals surface area contributed by atoms with Gasteiger partial charge in [0.05, 0.1) is 33.3 Å². The van der Waals surface area contributed by atoms with Gasteiger partial charge in [-0.3, -0.25) is 4.57 Å². The molecule has 0 radical (unpaired) electrons. The molecule has 4 aromatic heterocycles. The van der Waals surface area contributed by atoms with Crippen LogP contribution in [0.1, 0.15) is 0 Å². The van der Waals surface area contributed by atoms with Crippen molar-refractivity contribution < 1.29 is 4.42 Å². The van der Waals surface area contributed by atoms with Gasteiger partial charge in [0.15, 0.2) is 0 Å². The minimum atomic E-state index is 0.620. The fourth-order valence-electron chi connectivity index (χ4n) is 8.71. The molecule has 0 aliphatic carbocycles. The number of hydrogen-bond acceptors (Lipinski definition) is 3. The first kappa shape index (κ1) is 28.5. The molecule has 12 aromatic rings. The zero-order chi connectivity index (χ0) is 34.6. The van der Waals surface area contributed by atoms with Crippen molar-refractivity contribution in [2.24, 2.45) is 0 Å². The van der Waals surface area contributed by atoms with E-state index in [-0.39, 0.29) is 0 Å². The SMILES string of the molecule is c1ccc(-n2c3ccccc3c3c4c5ccccc5n(-c5nc(-c6cccc7c6oc6ccc8ccccc8c67)c6ccccc6n5)c4ccc32)cc1. The highest BCUT2D eigenvalue weighted by Crippen LogP contribution is 2.44. The lowest BCUT2D eigenvalue weighted by Crippen LogP contribution is -2.03. The second-order valence-corrected chi connectivity index (χ2v) is 13.7. The second-order valence-electron chi connectivity index (χ2n) is 13.7. The molecule has 0 saturated heterocycles. The Labute approximate surface area is 302 Å². The van der Waals surface area contributed by atoms with E-state index in [1.165, 1.54) is 32.4 Å². The van der Waals surface area contributed by atoms with Crippen molar-refractivity contribution in [3.8, 4) is 22.9 Å². The van der Waals surface area contributed by atoms with Gasteiger partial charge in [-0.15, -0.1) is 0 Å². The number of hydrogen-bond donors (Lipinski definition) is 0. The van der Waals surface area contributed by atoms with Crippen LogP contribution in [0.25, 0.3) is 110 Å². The number of nitrogens with zero attached hydrogens (tertiary/aromatic N) is 4. The molecule has 0 aliphatic heterocycles. The van der Waals surface area contributed by atoms with Crippen molar-refractivity contribution in [2.75, 3.05) is 0 Å². The van der Waals surface area contributed by atoms with Crippen molar-refractivity contribution in [3.05, 3.63) is 170 Å². The van der Waals surface area contributed by atoms with E-state index >= 15 is 0 Å². The fraction of sp³-hybridized carbons (Fsp3) is 0. The first-order valence-corrected chi connectivity index (χ1v) is 17.9. The summed E-state index contributed by atoms with van der Waals surface area (Å²) >= 11 is 0. The Bertz CT molecular complexity index is 3460. The second kappa shape index (κ2) is 10.6. The first-order valence-electron chi connectivity index (χ1n) is 17.9. The molecule has 0 unspecified atom stereocenters. The maximum absolute atomic E-state index is 6.72. The molecular weight excluding hydrogens is 649 g/mol. The van der Waals surface area contributed by atoms with E-state index in [0.717, 1.165) is 71.7 Å². The maximum atomic E-state index is 6.72. The van der Waals surface area contributed by atoms with Crippen LogP contribution in [0.15, 0.2) is 174 Å². The van der Waals surface area contributed by atoms with Crippen molar-refractivity contribution in [2.45, 2.75) is 0 Å². The first-order chi connectivity index (χ1) is 26.3. The topological polar surface area (TPSA) is 48.8 Å². The van der Waals surface area contributed by atoms with Crippen LogP contribution < -0.4 is 0 Å². The van der Waals surface area contributed by atoms with E-state index in [1.807, 2.05) is 6.07 Å². The summed E-state index contributed by atoms with van der Waals surface area (Å²) in [5.41, 5.74) is 9.94. The summed E-state index contributed by atoms with van der Waals surface area (Å²) in [6.07, 6.45) is 0. The third-order valence-corrected chi connectivity index (χ3v) is 10.9. The van der Waals surface area contributed by atoms with Crippen molar-refractivity contribution >= 4 is 87.2 Å². The molecular formula is C48H28N4O. The summed E-state index contributed by atoms with van der Waals surface area (Å²) in [4.78, 5) is 10.8. The number of rotatable bonds is 3. The van der Waals surface area contributed by atoms with Crippen LogP contribution in [-0.4, -0.2) is 19.1 Å². The van der Waals surface area contributed by atoms with Crippen LogP contribution in [-0.2, 0) is 0 Å². The molecule has 0 bridgehead atoms. The molecule has 0 aliphatic rings. The predicted molar refractivity (Wildman–Crippen MR) is 218 cm³/mol. The Hall–Kier alpha value is -7.24. The summed E-state index contributed by atoms with van der Waals surface area (Å²) in [7, 11) is 0. The van der Waals surface area contributed by atoms with Gasteiger partial charge in [0.1, 0.15) is 11.2 Å². The predicted octanol–water partition coefficient (Wildman–Crippen LogP) is 12.5. The monoisotopic (exact) mass is 676 g/mol. The van der Waals surface area contributed by atoms with Crippen LogP contribution in [0.5, 0.6) is 0 Å². The maximum Gasteiger partial charge on any atom is 0.235 e. The molecule has 4 heterocycles. The summed E-state index contributed by atoms with van der Waals surface area (Å²) in [6.45, 7) is 0. The van der Waals surface area contributed by atoms with Crippen LogP contribution in [0.2, 0.25) is 0 Å². The Kier molecular flexibility index (Phi) is 5.71. The summed E-state index contributed by atoms with van der Waals surface area (Å²) in [5.74, 6) is 0.620. The molecule has 0 atom stereocenters. The van der Waals surface area contributed by atoms with Gasteiger partial charge in [-0.2, -0.15) is 0 Å². The smallest absolute Gasteiger partial charge is 0.235 e. The number of fused-ring (bicyclic) bond motifs is 13. The van der Waals surface area contributed by atoms with Crippen LogP contribution in [0.3, 0.4) is 0 Å². The molecule has 0 saturated carbocycles. The number of aromatic nitrogens is 4. The molecule has 5 nitrogen and oxygen atoms in total. The van der Waals surface area contributed by atoms with Gasteiger partial charge in [-0.1, -0.05) is 115 Å². The summed E-state index contributed by atoms with van der Waals surface area (Å²) in [5, 5.41) is 10.3. The Balaban J connectivity index is 1.18. The average Bonchev–Trinajstić information content (AvgIpc) is 3.89. The largest absolute Gasteiger partial charge is 0.455 e. The van der Waals surface area contributed by atoms with E-state index in [9.17, 15) is 0 Å². The lowest BCUT2D eigenvalue weighted by molar-refractivity contribution is 0.670. The summed E-state index contributed by atoms with van der Waals surface area (Å²) < 4.78 is 11.3. The van der Waals surface area contributed by atoms with Crippen LogP contribution in [0, 0.1) is 0 Å². The number of benzene rings is 8. The van der Waals surface area contributed by atoms with Gasteiger partial charge in [0.2, 0.25) is 5.95 Å². The minimum absolute atomic E-state index is 0.620. The van der Waals surface area contributed by atoms with E-state index in [4.69, 9.17) is 14.4 Å². The van der Waals surface area contributed by atoms with Gasteiger partial charge in [0, 0.05) is 49.0 Å². The summed E-state index contributed by atoms with van der Waals surface area (Å²) in [6, 6.07) is 59.9. The molecule has 246 valence electrons. The third kappa shape index (κ3) is 3.91. The van der Waals surface area contributed by atoms with E-state index in [1.54, 1.807) is 0 Å². The van der Waals surface area contributed by atoms with Gasteiger partial charge in [-0.25, -0.2) is 9.97 Å². The standard InChI is InChI=1S/C48H28N4O/c1-2-14-30(15-3-1)51-38-23-10-7-18-33(38)44-40(51)26-27-41-45(44)34-19-8-11-24-39(34)52(41)48-49-37-22-9-6-17-32(37)46(50-48)36-21-12-20-35-43-31-16-5-4-13-29(31)25-28-42(43)53-47(35)36/h1-28H. The molecule has 0 spiro atoms. The van der Waals surface area contributed by atoms with Crippen LogP contribution in [0.4, 0.5) is 0 Å². The van der Waals surface area contributed by atoms with Gasteiger partial charge >= 0.3 is 0 Å². The highest BCUT2D eigenvalue weighted by molar-refractivity contribution is 6.29. The Morgan fingerprint density at radius 2 is 1.02 bits per heavy atom. The molecule has 0 fully saturated rings. The molecule has 0 amide bonds. The lowest BCUT2D eigenvalue weighted by Gasteiger charge is -2.12. The van der Waals surface area contributed by atoms with Crippen molar-refractivity contribution in [1.82, 2.24) is 19.1 Å². The van der Waals surface area contributed by atoms with Crippen molar-refractivity contribution in [3.63, 3.8) is 0 Å². The Morgan fingerprint density at radius 3 is 1.81 bits per heavy atom. The molecule has 8 aromatic carbocycles. The van der Waals surface area contributed by atoms with E-state index in [2.05, 4.69) is 173 Å². The highest BCUT2D eigenvalue weighted by atomic mass is 16.3. The molecule has 5 heteroatoms. The van der Waals surface area contributed by atoms with E-state index in [0.29, 0.717) is 5.95 Å². The average molecular weight is 677 g/mol. The zero-order valence-corrected chi connectivity index (χ0v) is 28.4. The molecule has 53 heavy (non-hydrogen) atoms. The van der Waals surface area contributed by atoms with Gasteiger partial charge < -0.3 is 8.98 Å². The highest BCUT2D eigenvalue weighted by Gasteiger charge is 2.23. The number of furan rings is 1. The fourth-order valence-corrected chi connectivity index (χ4v) is 8.71. The molecule has 0 N–H and O–H groups in total. The van der Waals surface area contributed by atoms with Crippen molar-refractivity contribution in [1.29, 1.82) is 0 Å². The lowest BCUT2D eigenvalue weighted by atomic mass is 10.0. The van der Waals surface area contributed by atoms with Gasteiger partial charge in [0.25, 0.3) is 0 Å². The van der Waals surface area contributed by atoms with Crippen LogP contribution >= 0.6 is 0 Å². The minimum Gasteiger partial charge on any atom is -0.455 e. The molecule has 12 rings (SSSR count).